The SMILES string of the molecule is c1c(C2CCCCC2)cc(C2CCCCC2)nc1C1CCCCCCC1. The lowest BCUT2D eigenvalue weighted by Gasteiger charge is -2.28. The summed E-state index contributed by atoms with van der Waals surface area (Å²) in [6, 6.07) is 5.12. The van der Waals surface area contributed by atoms with Crippen LogP contribution in [0.25, 0.3) is 0 Å². The van der Waals surface area contributed by atoms with Gasteiger partial charge in [0.15, 0.2) is 0 Å². The number of rotatable bonds is 3. The van der Waals surface area contributed by atoms with Crippen molar-refractivity contribution in [2.75, 3.05) is 0 Å². The van der Waals surface area contributed by atoms with E-state index in [1.165, 1.54) is 121 Å². The highest BCUT2D eigenvalue weighted by Gasteiger charge is 2.24. The topological polar surface area (TPSA) is 12.9 Å². The fraction of sp³-hybridized carbons (Fsp3) is 0.800. The lowest BCUT2D eigenvalue weighted by atomic mass is 9.80. The third-order valence-electron chi connectivity index (χ3n) is 7.51. The summed E-state index contributed by atoms with van der Waals surface area (Å²) in [6.45, 7) is 0. The Labute approximate surface area is 161 Å². The molecule has 0 atom stereocenters. The molecule has 0 N–H and O–H groups in total. The normalized spacial score (nSPS) is 24.9. The van der Waals surface area contributed by atoms with Crippen molar-refractivity contribution < 1.29 is 0 Å². The Bertz CT molecular complexity index is 507. The highest BCUT2D eigenvalue weighted by atomic mass is 14.7. The molecule has 0 bridgehead atoms. The van der Waals surface area contributed by atoms with Gasteiger partial charge in [-0.15, -0.1) is 0 Å². The molecule has 3 fully saturated rings. The smallest absolute Gasteiger partial charge is 0.0440 e. The summed E-state index contributed by atoms with van der Waals surface area (Å²) in [6.07, 6.45) is 24.1. The van der Waals surface area contributed by atoms with Gasteiger partial charge in [-0.2, -0.15) is 0 Å². The molecule has 1 aromatic rings. The van der Waals surface area contributed by atoms with Crippen molar-refractivity contribution in [1.29, 1.82) is 0 Å². The third kappa shape index (κ3) is 4.70. The first-order chi connectivity index (χ1) is 12.9. The maximum absolute atomic E-state index is 5.35. The molecule has 3 aliphatic rings. The van der Waals surface area contributed by atoms with Crippen molar-refractivity contribution in [3.05, 3.63) is 29.1 Å². The minimum absolute atomic E-state index is 0.737. The summed E-state index contributed by atoms with van der Waals surface area (Å²) in [7, 11) is 0. The minimum atomic E-state index is 0.737. The molecule has 0 amide bonds. The zero-order chi connectivity index (χ0) is 17.6. The van der Waals surface area contributed by atoms with E-state index >= 15 is 0 Å². The molecule has 1 nitrogen and oxygen atoms in total. The number of pyridine rings is 1. The van der Waals surface area contributed by atoms with Gasteiger partial charge in [-0.25, -0.2) is 0 Å². The van der Waals surface area contributed by atoms with E-state index in [1.807, 2.05) is 0 Å². The molecule has 0 aliphatic heterocycles. The van der Waals surface area contributed by atoms with Crippen molar-refractivity contribution in [1.82, 2.24) is 4.98 Å². The lowest BCUT2D eigenvalue weighted by molar-refractivity contribution is 0.420. The van der Waals surface area contributed by atoms with E-state index in [1.54, 1.807) is 5.56 Å². The maximum Gasteiger partial charge on any atom is 0.0440 e. The molecule has 0 unspecified atom stereocenters. The zero-order valence-corrected chi connectivity index (χ0v) is 16.9. The fourth-order valence-corrected chi connectivity index (χ4v) is 5.84. The van der Waals surface area contributed by atoms with Crippen molar-refractivity contribution in [2.24, 2.45) is 0 Å². The van der Waals surface area contributed by atoms with Gasteiger partial charge in [0, 0.05) is 23.2 Å². The van der Waals surface area contributed by atoms with Gasteiger partial charge in [-0.3, -0.25) is 4.98 Å². The second-order valence-electron chi connectivity index (χ2n) is 9.46. The number of hydrogen-bond donors (Lipinski definition) is 0. The molecule has 1 aromatic heterocycles. The van der Waals surface area contributed by atoms with Gasteiger partial charge in [0.2, 0.25) is 0 Å². The molecule has 144 valence electrons. The Morgan fingerprint density at radius 2 is 0.808 bits per heavy atom. The predicted octanol–water partition coefficient (Wildman–Crippen LogP) is 8.00. The zero-order valence-electron chi connectivity index (χ0n) is 16.9. The number of nitrogens with zero attached hydrogens (tertiary/aromatic N) is 1. The molecule has 1 heterocycles. The van der Waals surface area contributed by atoms with Crippen LogP contribution in [0.2, 0.25) is 0 Å². The van der Waals surface area contributed by atoms with E-state index < -0.39 is 0 Å². The summed E-state index contributed by atoms with van der Waals surface area (Å²) in [5.74, 6) is 2.31. The first kappa shape index (κ1) is 18.5. The first-order valence-corrected chi connectivity index (χ1v) is 11.9. The van der Waals surface area contributed by atoms with Crippen molar-refractivity contribution in [3.8, 4) is 0 Å². The van der Waals surface area contributed by atoms with Crippen LogP contribution in [0.1, 0.15) is 144 Å². The van der Waals surface area contributed by atoms with E-state index in [-0.39, 0.29) is 0 Å². The summed E-state index contributed by atoms with van der Waals surface area (Å²) in [5, 5.41) is 0. The Kier molecular flexibility index (Phi) is 6.68. The highest BCUT2D eigenvalue weighted by molar-refractivity contribution is 5.29. The van der Waals surface area contributed by atoms with Gasteiger partial charge < -0.3 is 0 Å². The van der Waals surface area contributed by atoms with E-state index in [4.69, 9.17) is 4.98 Å². The van der Waals surface area contributed by atoms with Crippen LogP contribution in [-0.4, -0.2) is 4.98 Å². The average Bonchev–Trinajstić information content (AvgIpc) is 2.69. The maximum atomic E-state index is 5.35. The molecule has 3 aliphatic carbocycles. The third-order valence-corrected chi connectivity index (χ3v) is 7.51. The predicted molar refractivity (Wildman–Crippen MR) is 111 cm³/mol. The minimum Gasteiger partial charge on any atom is -0.257 e. The van der Waals surface area contributed by atoms with E-state index in [2.05, 4.69) is 12.1 Å². The summed E-state index contributed by atoms with van der Waals surface area (Å²) in [4.78, 5) is 5.35. The fourth-order valence-electron chi connectivity index (χ4n) is 5.84. The Morgan fingerprint density at radius 3 is 1.27 bits per heavy atom. The van der Waals surface area contributed by atoms with Crippen LogP contribution in [0, 0.1) is 0 Å². The van der Waals surface area contributed by atoms with Crippen LogP contribution < -0.4 is 0 Å². The molecule has 0 radical (unpaired) electrons. The Morgan fingerprint density at radius 1 is 0.462 bits per heavy atom. The van der Waals surface area contributed by atoms with Crippen molar-refractivity contribution in [3.63, 3.8) is 0 Å². The molecular weight excluding hydrogens is 314 g/mol. The summed E-state index contributed by atoms with van der Waals surface area (Å²) >= 11 is 0. The monoisotopic (exact) mass is 353 g/mol. The van der Waals surface area contributed by atoms with Crippen LogP contribution in [0.3, 0.4) is 0 Å². The average molecular weight is 354 g/mol. The number of hydrogen-bond acceptors (Lipinski definition) is 1. The first-order valence-electron chi connectivity index (χ1n) is 11.9. The lowest BCUT2D eigenvalue weighted by Crippen LogP contribution is -2.13. The number of aromatic nitrogens is 1. The molecule has 0 spiro atoms. The van der Waals surface area contributed by atoms with E-state index in [0.29, 0.717) is 0 Å². The van der Waals surface area contributed by atoms with Gasteiger partial charge >= 0.3 is 0 Å². The molecular formula is C25H39N. The van der Waals surface area contributed by atoms with Crippen LogP contribution in [0.15, 0.2) is 12.1 Å². The van der Waals surface area contributed by atoms with Gasteiger partial charge in [-0.05, 0) is 62.1 Å². The second kappa shape index (κ2) is 9.38. The van der Waals surface area contributed by atoms with Crippen LogP contribution >= 0.6 is 0 Å². The van der Waals surface area contributed by atoms with Crippen LogP contribution in [0.5, 0.6) is 0 Å². The molecule has 3 saturated carbocycles. The van der Waals surface area contributed by atoms with Gasteiger partial charge in [0.05, 0.1) is 0 Å². The molecule has 0 saturated heterocycles. The standard InChI is InChI=1S/C25H39N/c1-2-6-14-21(15-7-3-1)24-18-23(20-12-8-4-9-13-20)19-25(26-24)22-16-10-5-11-17-22/h18-22H,1-17H2. The Balaban J connectivity index is 1.62. The van der Waals surface area contributed by atoms with E-state index in [9.17, 15) is 0 Å². The van der Waals surface area contributed by atoms with Gasteiger partial charge in [0.25, 0.3) is 0 Å². The highest BCUT2D eigenvalue weighted by Crippen LogP contribution is 2.39. The largest absolute Gasteiger partial charge is 0.257 e. The van der Waals surface area contributed by atoms with Crippen molar-refractivity contribution in [2.45, 2.75) is 127 Å². The molecule has 4 rings (SSSR count). The van der Waals surface area contributed by atoms with E-state index in [0.717, 1.165) is 17.8 Å². The Hall–Kier alpha value is -0.850. The van der Waals surface area contributed by atoms with Gasteiger partial charge in [-0.1, -0.05) is 70.6 Å². The van der Waals surface area contributed by atoms with Crippen LogP contribution in [0.4, 0.5) is 0 Å². The molecule has 0 aromatic carbocycles. The quantitative estimate of drug-likeness (QED) is 0.536. The summed E-state index contributed by atoms with van der Waals surface area (Å²) in [5.41, 5.74) is 4.62. The van der Waals surface area contributed by atoms with Crippen molar-refractivity contribution >= 4 is 0 Å². The molecule has 1 heteroatoms. The second-order valence-corrected chi connectivity index (χ2v) is 9.46. The summed E-state index contributed by atoms with van der Waals surface area (Å²) < 4.78 is 0. The molecule has 26 heavy (non-hydrogen) atoms. The van der Waals surface area contributed by atoms with Gasteiger partial charge in [0.1, 0.15) is 0 Å². The van der Waals surface area contributed by atoms with Crippen LogP contribution in [-0.2, 0) is 0 Å².